The van der Waals surface area contributed by atoms with Gasteiger partial charge in [-0.25, -0.2) is 8.78 Å². The van der Waals surface area contributed by atoms with Gasteiger partial charge in [0.05, 0.1) is 0 Å². The highest BCUT2D eigenvalue weighted by Crippen LogP contribution is 2.39. The molecule has 1 aliphatic heterocycles. The van der Waals surface area contributed by atoms with Crippen LogP contribution in [0, 0.1) is 11.6 Å². The maximum atomic E-state index is 14.1. The van der Waals surface area contributed by atoms with Crippen LogP contribution in [0.1, 0.15) is 29.4 Å². The monoisotopic (exact) mass is 307 g/mol. The fourth-order valence-electron chi connectivity index (χ4n) is 3.12. The molecule has 1 N–H and O–H groups in total. The van der Waals surface area contributed by atoms with Crippen molar-refractivity contribution < 1.29 is 8.78 Å². The van der Waals surface area contributed by atoms with Crippen LogP contribution in [0.3, 0.4) is 0 Å². The molecule has 1 heterocycles. The molecule has 3 rings (SSSR count). The number of nitrogens with one attached hydrogen (secondary N) is 1. The lowest BCUT2D eigenvalue weighted by Gasteiger charge is -2.33. The molecule has 2 atom stereocenters. The van der Waals surface area contributed by atoms with Gasteiger partial charge in [0.1, 0.15) is 11.6 Å². The molecule has 0 aromatic heterocycles. The van der Waals surface area contributed by atoms with Gasteiger partial charge in [0, 0.05) is 17.5 Å². The number of hydrogen-bond donors (Lipinski definition) is 1. The van der Waals surface area contributed by atoms with Crippen molar-refractivity contribution >= 4 is 11.6 Å². The average molecular weight is 308 g/mol. The zero-order valence-corrected chi connectivity index (χ0v) is 12.2. The fraction of sp³-hybridized carbons (Fsp3) is 0.294. The first-order valence-corrected chi connectivity index (χ1v) is 7.44. The van der Waals surface area contributed by atoms with Crippen molar-refractivity contribution in [2.45, 2.75) is 18.3 Å². The lowest BCUT2D eigenvalue weighted by Crippen LogP contribution is -2.34. The van der Waals surface area contributed by atoms with Gasteiger partial charge in [-0.05, 0) is 60.3 Å². The highest BCUT2D eigenvalue weighted by Gasteiger charge is 2.30. The van der Waals surface area contributed by atoms with Crippen LogP contribution in [0.25, 0.3) is 0 Å². The molecule has 1 nitrogen and oxygen atoms in total. The standard InChI is InChI=1S/C17H16ClF2N/c18-12-3-1-2-11(8-12)16-10-21-7-6-14(16)15-9-13(19)4-5-17(15)20/h1-5,8-9,14,16,21H,6-7,10H2. The lowest BCUT2D eigenvalue weighted by atomic mass is 9.77. The van der Waals surface area contributed by atoms with E-state index < -0.39 is 5.82 Å². The van der Waals surface area contributed by atoms with Gasteiger partial charge in [0.15, 0.2) is 0 Å². The van der Waals surface area contributed by atoms with E-state index in [9.17, 15) is 8.78 Å². The van der Waals surface area contributed by atoms with Gasteiger partial charge in [-0.1, -0.05) is 23.7 Å². The van der Waals surface area contributed by atoms with E-state index in [2.05, 4.69) is 5.32 Å². The average Bonchev–Trinajstić information content (AvgIpc) is 2.50. The van der Waals surface area contributed by atoms with Gasteiger partial charge in [-0.2, -0.15) is 0 Å². The highest BCUT2D eigenvalue weighted by atomic mass is 35.5. The van der Waals surface area contributed by atoms with E-state index in [0.717, 1.165) is 31.1 Å². The van der Waals surface area contributed by atoms with Crippen LogP contribution in [0.15, 0.2) is 42.5 Å². The summed E-state index contributed by atoms with van der Waals surface area (Å²) in [5.41, 5.74) is 1.52. The molecule has 1 aliphatic rings. The first-order valence-electron chi connectivity index (χ1n) is 7.06. The van der Waals surface area contributed by atoms with Crippen LogP contribution < -0.4 is 5.32 Å². The molecule has 2 aromatic carbocycles. The topological polar surface area (TPSA) is 12.0 Å². The Morgan fingerprint density at radius 1 is 1.05 bits per heavy atom. The molecular formula is C17H16ClF2N. The molecule has 1 fully saturated rings. The van der Waals surface area contributed by atoms with E-state index in [1.165, 1.54) is 12.1 Å². The van der Waals surface area contributed by atoms with Crippen LogP contribution in [0.5, 0.6) is 0 Å². The molecule has 0 saturated carbocycles. The smallest absolute Gasteiger partial charge is 0.126 e. The maximum Gasteiger partial charge on any atom is 0.126 e. The van der Waals surface area contributed by atoms with E-state index in [4.69, 9.17) is 11.6 Å². The SMILES string of the molecule is Fc1ccc(F)c(C2CCNCC2c2cccc(Cl)c2)c1. The molecule has 4 heteroatoms. The largest absolute Gasteiger partial charge is 0.316 e. The summed E-state index contributed by atoms with van der Waals surface area (Å²) in [5, 5.41) is 3.99. The molecule has 0 aliphatic carbocycles. The van der Waals surface area contributed by atoms with E-state index in [0.29, 0.717) is 10.6 Å². The molecule has 1 saturated heterocycles. The second-order valence-corrected chi connectivity index (χ2v) is 5.86. The first kappa shape index (κ1) is 14.5. The van der Waals surface area contributed by atoms with E-state index in [1.807, 2.05) is 24.3 Å². The third-order valence-electron chi connectivity index (χ3n) is 4.12. The summed E-state index contributed by atoms with van der Waals surface area (Å²) in [7, 11) is 0. The predicted octanol–water partition coefficient (Wildman–Crippen LogP) is 4.48. The van der Waals surface area contributed by atoms with Crippen LogP contribution >= 0.6 is 11.6 Å². The van der Waals surface area contributed by atoms with Gasteiger partial charge in [0.25, 0.3) is 0 Å². The van der Waals surface area contributed by atoms with Gasteiger partial charge in [-0.3, -0.25) is 0 Å². The summed E-state index contributed by atoms with van der Waals surface area (Å²) in [4.78, 5) is 0. The lowest BCUT2D eigenvalue weighted by molar-refractivity contribution is 0.391. The Balaban J connectivity index is 2.00. The summed E-state index contributed by atoms with van der Waals surface area (Å²) < 4.78 is 27.6. The maximum absolute atomic E-state index is 14.1. The van der Waals surface area contributed by atoms with E-state index in [-0.39, 0.29) is 17.7 Å². The van der Waals surface area contributed by atoms with Gasteiger partial charge >= 0.3 is 0 Å². The molecule has 0 amide bonds. The van der Waals surface area contributed by atoms with Crippen LogP contribution in [-0.4, -0.2) is 13.1 Å². The summed E-state index contributed by atoms with van der Waals surface area (Å²) in [6.45, 7) is 1.54. The minimum atomic E-state index is -0.394. The zero-order chi connectivity index (χ0) is 14.8. The quantitative estimate of drug-likeness (QED) is 0.862. The highest BCUT2D eigenvalue weighted by molar-refractivity contribution is 6.30. The number of hydrogen-bond acceptors (Lipinski definition) is 1. The Bertz CT molecular complexity index is 644. The van der Waals surface area contributed by atoms with Crippen molar-refractivity contribution in [1.29, 1.82) is 0 Å². The Morgan fingerprint density at radius 3 is 2.71 bits per heavy atom. The Morgan fingerprint density at radius 2 is 1.90 bits per heavy atom. The summed E-state index contributed by atoms with van der Waals surface area (Å²) in [6.07, 6.45) is 0.775. The normalized spacial score (nSPS) is 22.2. The van der Waals surface area contributed by atoms with Crippen molar-refractivity contribution in [3.05, 3.63) is 70.2 Å². The van der Waals surface area contributed by atoms with Crippen molar-refractivity contribution in [3.8, 4) is 0 Å². The van der Waals surface area contributed by atoms with Crippen molar-refractivity contribution in [2.24, 2.45) is 0 Å². The molecule has 21 heavy (non-hydrogen) atoms. The zero-order valence-electron chi connectivity index (χ0n) is 11.5. The Labute approximate surface area is 127 Å². The molecule has 2 aromatic rings. The molecule has 0 radical (unpaired) electrons. The van der Waals surface area contributed by atoms with Crippen molar-refractivity contribution in [2.75, 3.05) is 13.1 Å². The van der Waals surface area contributed by atoms with Crippen molar-refractivity contribution in [1.82, 2.24) is 5.32 Å². The summed E-state index contributed by atoms with van der Waals surface area (Å²) in [6, 6.07) is 11.3. The third-order valence-corrected chi connectivity index (χ3v) is 4.35. The third kappa shape index (κ3) is 3.09. The number of piperidine rings is 1. The minimum absolute atomic E-state index is 0.0413. The number of benzene rings is 2. The minimum Gasteiger partial charge on any atom is -0.316 e. The predicted molar refractivity (Wildman–Crippen MR) is 80.8 cm³/mol. The van der Waals surface area contributed by atoms with E-state index in [1.54, 1.807) is 0 Å². The molecular weight excluding hydrogens is 292 g/mol. The van der Waals surface area contributed by atoms with Gasteiger partial charge in [0.2, 0.25) is 0 Å². The number of rotatable bonds is 2. The summed E-state index contributed by atoms with van der Waals surface area (Å²) in [5.74, 6) is -0.681. The Kier molecular flexibility index (Phi) is 4.22. The molecule has 0 spiro atoms. The van der Waals surface area contributed by atoms with Gasteiger partial charge < -0.3 is 5.32 Å². The van der Waals surface area contributed by atoms with E-state index >= 15 is 0 Å². The van der Waals surface area contributed by atoms with Crippen LogP contribution in [0.4, 0.5) is 8.78 Å². The van der Waals surface area contributed by atoms with Crippen molar-refractivity contribution in [3.63, 3.8) is 0 Å². The second kappa shape index (κ2) is 6.12. The molecule has 0 bridgehead atoms. The second-order valence-electron chi connectivity index (χ2n) is 5.43. The van der Waals surface area contributed by atoms with Crippen LogP contribution in [0.2, 0.25) is 5.02 Å². The fourth-order valence-corrected chi connectivity index (χ4v) is 3.32. The van der Waals surface area contributed by atoms with Crippen LogP contribution in [-0.2, 0) is 0 Å². The Hall–Kier alpha value is -1.45. The molecule has 110 valence electrons. The van der Waals surface area contributed by atoms with Gasteiger partial charge in [-0.15, -0.1) is 0 Å². The number of halogens is 3. The molecule has 2 unspecified atom stereocenters. The first-order chi connectivity index (χ1) is 10.1. The summed E-state index contributed by atoms with van der Waals surface area (Å²) >= 11 is 6.06.